The number of nitrogens with zero attached hydrogens (tertiary/aromatic N) is 3. The van der Waals surface area contributed by atoms with Crippen LogP contribution in [-0.4, -0.2) is 18.0 Å². The van der Waals surface area contributed by atoms with Crippen LogP contribution >= 0.6 is 0 Å². The van der Waals surface area contributed by atoms with Gasteiger partial charge in [0.2, 0.25) is 0 Å². The molecule has 0 amide bonds. The van der Waals surface area contributed by atoms with Crippen LogP contribution in [0.15, 0.2) is 94.2 Å². The molecule has 4 aromatic rings. The van der Waals surface area contributed by atoms with Crippen molar-refractivity contribution >= 4 is 38.0 Å². The third-order valence-corrected chi connectivity index (χ3v) is 5.39. The number of anilines is 1. The molecule has 1 heterocycles. The average Bonchev–Trinajstić information content (AvgIpc) is 2.77. The minimum atomic E-state index is -4.72. The molecule has 10 heteroatoms. The number of pyridine rings is 1. The van der Waals surface area contributed by atoms with Gasteiger partial charge in [0, 0.05) is 34.8 Å². The van der Waals surface area contributed by atoms with E-state index in [1.165, 1.54) is 6.07 Å². The number of fused-ring (bicyclic) bond motifs is 1. The number of rotatable bonds is 6. The van der Waals surface area contributed by atoms with E-state index in [4.69, 9.17) is 10.5 Å². The fourth-order valence-electron chi connectivity index (χ4n) is 3.04. The standard InChI is InChI=1S/C22H18N4O4S.Na/c23-22-19-9-2-1-8-18(19)21(31(27,28)29)12-20(22)26-25-16-6-3-7-17(11-16)30-14-15-5-4-10-24-13-15;/h1-13H,14,23H2,(H,27,28,29);/q;+1/p-1. The van der Waals surface area contributed by atoms with Crippen LogP contribution in [-0.2, 0) is 16.7 Å². The summed E-state index contributed by atoms with van der Waals surface area (Å²) in [5.74, 6) is 0.578. The molecule has 1 aromatic heterocycles. The molecule has 0 radical (unpaired) electrons. The maximum atomic E-state index is 11.7. The molecule has 0 spiro atoms. The van der Waals surface area contributed by atoms with Crippen LogP contribution < -0.4 is 40.0 Å². The number of hydrogen-bond donors (Lipinski definition) is 1. The van der Waals surface area contributed by atoms with Gasteiger partial charge in [-0.05, 0) is 24.3 Å². The van der Waals surface area contributed by atoms with Crippen molar-refractivity contribution in [2.75, 3.05) is 5.73 Å². The number of azo groups is 1. The van der Waals surface area contributed by atoms with E-state index in [0.717, 1.165) is 11.6 Å². The summed E-state index contributed by atoms with van der Waals surface area (Å²) in [6, 6.07) is 18.3. The maximum absolute atomic E-state index is 11.7. The van der Waals surface area contributed by atoms with Gasteiger partial charge in [-0.25, -0.2) is 8.42 Å². The molecule has 2 N–H and O–H groups in total. The van der Waals surface area contributed by atoms with Crippen molar-refractivity contribution in [1.29, 1.82) is 0 Å². The van der Waals surface area contributed by atoms with Gasteiger partial charge in [-0.1, -0.05) is 36.4 Å². The summed E-state index contributed by atoms with van der Waals surface area (Å²) in [6.45, 7) is 0.344. The molecule has 0 atom stereocenters. The molecule has 4 rings (SSSR count). The maximum Gasteiger partial charge on any atom is 1.00 e. The number of nitrogen functional groups attached to an aromatic ring is 1. The van der Waals surface area contributed by atoms with Gasteiger partial charge in [0.1, 0.15) is 28.2 Å². The number of hydrogen-bond acceptors (Lipinski definition) is 8. The Bertz CT molecular complexity index is 1380. The van der Waals surface area contributed by atoms with Gasteiger partial charge < -0.3 is 15.0 Å². The van der Waals surface area contributed by atoms with E-state index in [-0.39, 0.29) is 51.2 Å². The van der Waals surface area contributed by atoms with Gasteiger partial charge in [0.05, 0.1) is 16.3 Å². The predicted molar refractivity (Wildman–Crippen MR) is 116 cm³/mol. The van der Waals surface area contributed by atoms with E-state index >= 15 is 0 Å². The normalized spacial score (nSPS) is 11.4. The second-order valence-corrected chi connectivity index (χ2v) is 8.00. The number of ether oxygens (including phenoxy) is 1. The second kappa shape index (κ2) is 10.2. The monoisotopic (exact) mass is 456 g/mol. The fraction of sp³-hybridized carbons (Fsp3) is 0.0455. The van der Waals surface area contributed by atoms with Crippen LogP contribution in [0.1, 0.15) is 5.56 Å². The Balaban J connectivity index is 0.00000289. The summed E-state index contributed by atoms with van der Waals surface area (Å²) < 4.78 is 40.9. The van der Waals surface area contributed by atoms with Crippen molar-refractivity contribution in [3.8, 4) is 5.75 Å². The Morgan fingerprint density at radius 3 is 2.47 bits per heavy atom. The van der Waals surface area contributed by atoms with E-state index in [1.807, 2.05) is 12.1 Å². The van der Waals surface area contributed by atoms with Crippen LogP contribution in [0.25, 0.3) is 10.8 Å². The van der Waals surface area contributed by atoms with Gasteiger partial charge in [-0.2, -0.15) is 5.11 Å². The Morgan fingerprint density at radius 1 is 0.969 bits per heavy atom. The number of nitrogens with two attached hydrogens (primary N) is 1. The molecule has 0 aliphatic carbocycles. The van der Waals surface area contributed by atoms with Gasteiger partial charge in [0.15, 0.2) is 0 Å². The van der Waals surface area contributed by atoms with Crippen LogP contribution in [0.4, 0.5) is 17.1 Å². The quantitative estimate of drug-likeness (QED) is 0.203. The summed E-state index contributed by atoms with van der Waals surface area (Å²) in [7, 11) is -4.72. The molecule has 0 bridgehead atoms. The van der Waals surface area contributed by atoms with E-state index in [9.17, 15) is 13.0 Å². The fourth-order valence-corrected chi connectivity index (χ4v) is 3.74. The first-order valence-corrected chi connectivity index (χ1v) is 10.6. The Morgan fingerprint density at radius 2 is 1.75 bits per heavy atom. The first kappa shape index (κ1) is 23.8. The zero-order valence-corrected chi connectivity index (χ0v) is 20.0. The van der Waals surface area contributed by atoms with Crippen molar-refractivity contribution < 1.29 is 47.3 Å². The summed E-state index contributed by atoms with van der Waals surface area (Å²) in [5.41, 5.74) is 7.88. The summed E-state index contributed by atoms with van der Waals surface area (Å²) in [5, 5.41) is 8.90. The molecule has 0 aliphatic heterocycles. The third-order valence-electron chi connectivity index (χ3n) is 4.51. The first-order chi connectivity index (χ1) is 14.9. The molecule has 3 aromatic carbocycles. The summed E-state index contributed by atoms with van der Waals surface area (Å²) in [6.07, 6.45) is 3.40. The first-order valence-electron chi connectivity index (χ1n) is 9.22. The van der Waals surface area contributed by atoms with Gasteiger partial charge >= 0.3 is 29.6 Å². The van der Waals surface area contributed by atoms with E-state index in [1.54, 1.807) is 54.9 Å². The van der Waals surface area contributed by atoms with E-state index in [2.05, 4.69) is 15.2 Å². The molecular weight excluding hydrogens is 439 g/mol. The molecule has 156 valence electrons. The van der Waals surface area contributed by atoms with Crippen LogP contribution in [0, 0.1) is 0 Å². The van der Waals surface area contributed by atoms with Gasteiger partial charge in [0.25, 0.3) is 0 Å². The van der Waals surface area contributed by atoms with Crippen molar-refractivity contribution in [2.24, 2.45) is 10.2 Å². The van der Waals surface area contributed by atoms with E-state index in [0.29, 0.717) is 23.4 Å². The Kier molecular flexibility index (Phi) is 7.60. The second-order valence-electron chi connectivity index (χ2n) is 6.65. The van der Waals surface area contributed by atoms with Crippen LogP contribution in [0.2, 0.25) is 0 Å². The molecule has 0 saturated heterocycles. The average molecular weight is 456 g/mol. The molecule has 0 aliphatic rings. The Hall–Kier alpha value is -2.82. The molecular formula is C22H17N4NaO4S. The minimum Gasteiger partial charge on any atom is -0.744 e. The molecule has 8 nitrogen and oxygen atoms in total. The third kappa shape index (κ3) is 5.50. The molecule has 0 saturated carbocycles. The SMILES string of the molecule is Nc1c(N=Nc2cccc(OCc3cccnc3)c2)cc(S(=O)(=O)[O-])c2ccccc12.[Na+]. The van der Waals surface area contributed by atoms with Crippen LogP contribution in [0.3, 0.4) is 0 Å². The zero-order valence-electron chi connectivity index (χ0n) is 17.2. The molecule has 32 heavy (non-hydrogen) atoms. The minimum absolute atomic E-state index is 0. The van der Waals surface area contributed by atoms with E-state index < -0.39 is 10.1 Å². The number of aromatic nitrogens is 1. The summed E-state index contributed by atoms with van der Waals surface area (Å²) in [4.78, 5) is 3.65. The largest absolute Gasteiger partial charge is 1.00 e. The smallest absolute Gasteiger partial charge is 0.744 e. The van der Waals surface area contributed by atoms with Crippen molar-refractivity contribution in [2.45, 2.75) is 11.5 Å². The Labute approximate surface area is 207 Å². The van der Waals surface area contributed by atoms with Gasteiger partial charge in [-0.3, -0.25) is 4.98 Å². The molecule has 0 fully saturated rings. The topological polar surface area (TPSA) is 130 Å². The summed E-state index contributed by atoms with van der Waals surface area (Å²) >= 11 is 0. The van der Waals surface area contributed by atoms with Crippen molar-refractivity contribution in [3.63, 3.8) is 0 Å². The van der Waals surface area contributed by atoms with Crippen molar-refractivity contribution in [1.82, 2.24) is 4.98 Å². The van der Waals surface area contributed by atoms with Crippen LogP contribution in [0.5, 0.6) is 5.75 Å². The van der Waals surface area contributed by atoms with Crippen molar-refractivity contribution in [3.05, 3.63) is 84.7 Å². The number of benzene rings is 3. The zero-order chi connectivity index (χ0) is 21.8. The van der Waals surface area contributed by atoms with Gasteiger partial charge in [-0.15, -0.1) is 5.11 Å². The molecule has 0 unspecified atom stereocenters. The predicted octanol–water partition coefficient (Wildman–Crippen LogP) is 1.72.